The van der Waals surface area contributed by atoms with Gasteiger partial charge in [0.25, 0.3) is 0 Å². The van der Waals surface area contributed by atoms with E-state index in [9.17, 15) is 0 Å². The summed E-state index contributed by atoms with van der Waals surface area (Å²) < 4.78 is 2.39. The van der Waals surface area contributed by atoms with Crippen LogP contribution in [0.5, 0.6) is 0 Å². The van der Waals surface area contributed by atoms with E-state index < -0.39 is 0 Å². The average Bonchev–Trinajstić information content (AvgIpc) is 2.85. The van der Waals surface area contributed by atoms with Gasteiger partial charge in [-0.15, -0.1) is 0 Å². The van der Waals surface area contributed by atoms with Crippen LogP contribution in [-0.4, -0.2) is 63.3 Å². The lowest BCUT2D eigenvalue weighted by atomic mass is 10.1. The van der Waals surface area contributed by atoms with E-state index in [4.69, 9.17) is 0 Å². The van der Waals surface area contributed by atoms with Gasteiger partial charge in [-0.05, 0) is 51.4 Å². The Balaban J connectivity index is 3.61. The van der Waals surface area contributed by atoms with E-state index in [2.05, 4.69) is 65.7 Å². The molecule has 0 heterocycles. The standard InChI is InChI=1S/C35H68N2/c1-7-9-11-13-15-17-19-21-23-25-27-29-32-36(3,4)34-31-35-37(5,6)33-30-28-26-24-22-20-18-16-14-12-10-8-2/h7-12H,1-2,13-35H2,3-6H3/q+2/b11-9+,12-10+. The van der Waals surface area contributed by atoms with Crippen LogP contribution in [-0.2, 0) is 0 Å². The SMILES string of the molecule is C=C/C=C/CCCCCCCCCC[N+](C)(C)CCC[N+](C)(C)CCCCCCCCCC/C=C/C=C. The van der Waals surface area contributed by atoms with Gasteiger partial charge in [-0.1, -0.05) is 114 Å². The first-order valence-electron chi connectivity index (χ1n) is 16.0. The summed E-state index contributed by atoms with van der Waals surface area (Å²) in [6.07, 6.45) is 38.6. The van der Waals surface area contributed by atoms with Crippen LogP contribution in [0.3, 0.4) is 0 Å². The lowest BCUT2D eigenvalue weighted by Gasteiger charge is -2.33. The Morgan fingerprint density at radius 2 is 0.649 bits per heavy atom. The largest absolute Gasteiger partial charge is 0.328 e. The number of nitrogens with zero attached hydrogens (tertiary/aromatic N) is 2. The second-order valence-corrected chi connectivity index (χ2v) is 12.7. The van der Waals surface area contributed by atoms with Gasteiger partial charge in [0.2, 0.25) is 0 Å². The van der Waals surface area contributed by atoms with Gasteiger partial charge in [-0.25, -0.2) is 0 Å². The Labute approximate surface area is 234 Å². The zero-order valence-electron chi connectivity index (χ0n) is 26.0. The number of unbranched alkanes of at least 4 members (excludes halogenated alkanes) is 16. The fourth-order valence-electron chi connectivity index (χ4n) is 5.26. The molecule has 0 aliphatic rings. The molecular weight excluding hydrogens is 448 g/mol. The Morgan fingerprint density at radius 3 is 0.973 bits per heavy atom. The van der Waals surface area contributed by atoms with Gasteiger partial charge in [0.1, 0.15) is 0 Å². The molecule has 0 saturated heterocycles. The second kappa shape index (κ2) is 25.2. The molecule has 0 amide bonds. The fourth-order valence-corrected chi connectivity index (χ4v) is 5.26. The quantitative estimate of drug-likeness (QED) is 0.0551. The number of rotatable bonds is 28. The van der Waals surface area contributed by atoms with Crippen molar-refractivity contribution in [2.24, 2.45) is 0 Å². The normalized spacial score (nSPS) is 12.6. The molecule has 37 heavy (non-hydrogen) atoms. The zero-order chi connectivity index (χ0) is 27.5. The molecule has 0 unspecified atom stereocenters. The topological polar surface area (TPSA) is 0 Å². The van der Waals surface area contributed by atoms with Crippen molar-refractivity contribution in [3.05, 3.63) is 49.6 Å². The third kappa shape index (κ3) is 27.7. The molecule has 0 saturated carbocycles. The van der Waals surface area contributed by atoms with Crippen molar-refractivity contribution in [2.75, 3.05) is 54.4 Å². The Morgan fingerprint density at radius 1 is 0.378 bits per heavy atom. The molecule has 0 aliphatic carbocycles. The molecule has 0 spiro atoms. The highest BCUT2D eigenvalue weighted by Gasteiger charge is 2.19. The first kappa shape index (κ1) is 35.9. The maximum Gasteiger partial charge on any atom is 0.0836 e. The molecule has 216 valence electrons. The number of allylic oxidation sites excluding steroid dienone is 6. The van der Waals surface area contributed by atoms with Crippen molar-refractivity contribution in [3.8, 4) is 0 Å². The Bertz CT molecular complexity index is 520. The molecular formula is C35H68N2+2. The molecule has 0 bridgehead atoms. The van der Waals surface area contributed by atoms with Gasteiger partial charge in [0, 0.05) is 6.42 Å². The Hall–Kier alpha value is -1.12. The molecule has 0 aromatic rings. The van der Waals surface area contributed by atoms with Crippen LogP contribution in [0.2, 0.25) is 0 Å². The minimum absolute atomic E-state index is 1.20. The first-order valence-corrected chi connectivity index (χ1v) is 16.0. The molecule has 2 heteroatoms. The molecule has 0 aromatic heterocycles. The predicted molar refractivity (Wildman–Crippen MR) is 170 cm³/mol. The number of hydrogen-bond acceptors (Lipinski definition) is 0. The third-order valence-corrected chi connectivity index (χ3v) is 7.84. The third-order valence-electron chi connectivity index (χ3n) is 7.84. The van der Waals surface area contributed by atoms with Crippen molar-refractivity contribution in [1.29, 1.82) is 0 Å². The van der Waals surface area contributed by atoms with E-state index in [1.54, 1.807) is 0 Å². The summed E-state index contributed by atoms with van der Waals surface area (Å²) in [5.74, 6) is 0. The summed E-state index contributed by atoms with van der Waals surface area (Å²) in [6, 6.07) is 0. The van der Waals surface area contributed by atoms with Crippen molar-refractivity contribution >= 4 is 0 Å². The molecule has 0 aliphatic heterocycles. The molecule has 0 radical (unpaired) electrons. The van der Waals surface area contributed by atoms with Crippen LogP contribution in [0.1, 0.15) is 122 Å². The van der Waals surface area contributed by atoms with E-state index in [1.165, 1.54) is 157 Å². The van der Waals surface area contributed by atoms with E-state index in [0.717, 1.165) is 0 Å². The van der Waals surface area contributed by atoms with E-state index in [0.29, 0.717) is 0 Å². The van der Waals surface area contributed by atoms with Crippen molar-refractivity contribution in [2.45, 2.75) is 122 Å². The van der Waals surface area contributed by atoms with E-state index >= 15 is 0 Å². The van der Waals surface area contributed by atoms with E-state index in [1.807, 2.05) is 12.2 Å². The van der Waals surface area contributed by atoms with Crippen LogP contribution in [0.25, 0.3) is 0 Å². The van der Waals surface area contributed by atoms with Crippen LogP contribution in [0.4, 0.5) is 0 Å². The summed E-state index contributed by atoms with van der Waals surface area (Å²) in [6.45, 7) is 12.8. The molecule has 0 aromatic carbocycles. The van der Waals surface area contributed by atoms with Crippen molar-refractivity contribution in [3.63, 3.8) is 0 Å². The van der Waals surface area contributed by atoms with Gasteiger partial charge in [0.15, 0.2) is 0 Å². The minimum atomic E-state index is 1.20. The van der Waals surface area contributed by atoms with Gasteiger partial charge in [0.05, 0.1) is 54.4 Å². The average molecular weight is 517 g/mol. The van der Waals surface area contributed by atoms with E-state index in [-0.39, 0.29) is 0 Å². The lowest BCUT2D eigenvalue weighted by Crippen LogP contribution is -2.46. The summed E-state index contributed by atoms with van der Waals surface area (Å²) in [7, 11) is 9.77. The molecule has 0 N–H and O–H groups in total. The van der Waals surface area contributed by atoms with Gasteiger partial charge in [-0.2, -0.15) is 0 Å². The van der Waals surface area contributed by atoms with Crippen molar-refractivity contribution < 1.29 is 8.97 Å². The summed E-state index contributed by atoms with van der Waals surface area (Å²) in [5.41, 5.74) is 0. The first-order chi connectivity index (χ1) is 17.8. The Kier molecular flexibility index (Phi) is 24.4. The smallest absolute Gasteiger partial charge is 0.0836 e. The highest BCUT2D eigenvalue weighted by atomic mass is 15.3. The van der Waals surface area contributed by atoms with Gasteiger partial charge < -0.3 is 8.97 Å². The van der Waals surface area contributed by atoms with Crippen LogP contribution >= 0.6 is 0 Å². The predicted octanol–water partition coefficient (Wildman–Crippen LogP) is 10.0. The second-order valence-electron chi connectivity index (χ2n) is 12.7. The fraction of sp³-hybridized carbons (Fsp3) is 0.771. The van der Waals surface area contributed by atoms with Gasteiger partial charge >= 0.3 is 0 Å². The number of hydrogen-bond donors (Lipinski definition) is 0. The summed E-state index contributed by atoms with van der Waals surface area (Å²) in [5, 5.41) is 0. The molecule has 2 nitrogen and oxygen atoms in total. The maximum atomic E-state index is 3.72. The highest BCUT2D eigenvalue weighted by molar-refractivity contribution is 4.97. The monoisotopic (exact) mass is 517 g/mol. The maximum absolute atomic E-state index is 3.72. The number of quaternary nitrogens is 2. The van der Waals surface area contributed by atoms with Crippen LogP contribution < -0.4 is 0 Å². The molecule has 0 atom stereocenters. The lowest BCUT2D eigenvalue weighted by molar-refractivity contribution is -0.909. The molecule has 0 fully saturated rings. The zero-order valence-corrected chi connectivity index (χ0v) is 26.0. The summed E-state index contributed by atoms with van der Waals surface area (Å²) >= 11 is 0. The minimum Gasteiger partial charge on any atom is -0.328 e. The molecule has 0 rings (SSSR count). The van der Waals surface area contributed by atoms with Gasteiger partial charge in [-0.3, -0.25) is 0 Å². The summed E-state index contributed by atoms with van der Waals surface area (Å²) in [4.78, 5) is 0. The van der Waals surface area contributed by atoms with Crippen LogP contribution in [0, 0.1) is 0 Å². The van der Waals surface area contributed by atoms with Crippen molar-refractivity contribution in [1.82, 2.24) is 0 Å². The van der Waals surface area contributed by atoms with Crippen LogP contribution in [0.15, 0.2) is 49.6 Å². The highest BCUT2D eigenvalue weighted by Crippen LogP contribution is 2.14.